The average Bonchev–Trinajstić information content (AvgIpc) is 1.85. The van der Waals surface area contributed by atoms with Gasteiger partial charge in [-0.15, -0.1) is 0 Å². The number of hydrogen-bond donors (Lipinski definition) is 1. The summed E-state index contributed by atoms with van der Waals surface area (Å²) in [5.41, 5.74) is 0. The molecule has 46 valence electrons. The van der Waals surface area contributed by atoms with Gasteiger partial charge in [0.1, 0.15) is 0 Å². The number of nitrogens with one attached hydrogen (secondary N) is 1. The van der Waals surface area contributed by atoms with Crippen LogP contribution in [0.15, 0.2) is 0 Å². The van der Waals surface area contributed by atoms with E-state index in [1.807, 2.05) is 0 Å². The first-order valence-corrected chi connectivity index (χ1v) is 3.40. The zero-order valence-corrected chi connectivity index (χ0v) is 6.09. The fourth-order valence-electron chi connectivity index (χ4n) is 0.924. The summed E-state index contributed by atoms with van der Waals surface area (Å²) in [5.74, 6) is 0.738. The summed E-state index contributed by atoms with van der Waals surface area (Å²) in [5, 5.41) is 3.20. The molecule has 0 aromatic carbocycles. The molecule has 1 aliphatic heterocycles. The molecule has 1 fully saturated rings. The van der Waals surface area contributed by atoms with Crippen molar-refractivity contribution in [2.75, 3.05) is 0 Å². The molecular weight excluding hydrogens is 118 g/mol. The van der Waals surface area contributed by atoms with Gasteiger partial charge in [-0.3, -0.25) is 0 Å². The summed E-state index contributed by atoms with van der Waals surface area (Å²) in [7, 11) is 0. The van der Waals surface area contributed by atoms with Gasteiger partial charge in [0.25, 0.3) is 0 Å². The van der Waals surface area contributed by atoms with Crippen LogP contribution in [0.1, 0.15) is 20.3 Å². The minimum atomic E-state index is 0.600. The van der Waals surface area contributed by atoms with E-state index in [9.17, 15) is 0 Å². The normalized spacial score (nSPS) is 37.5. The second-order valence-corrected chi connectivity index (χ2v) is 3.03. The van der Waals surface area contributed by atoms with Crippen LogP contribution in [0.3, 0.4) is 0 Å². The van der Waals surface area contributed by atoms with E-state index >= 15 is 0 Å². The lowest BCUT2D eigenvalue weighted by Crippen LogP contribution is -2.23. The Bertz CT molecular complexity index is 99.1. The highest BCUT2D eigenvalue weighted by Crippen LogP contribution is 2.14. The zero-order chi connectivity index (χ0) is 6.15. The van der Waals surface area contributed by atoms with Crippen LogP contribution in [0.4, 0.5) is 0 Å². The molecule has 0 aromatic heterocycles. The monoisotopic (exact) mass is 129 g/mol. The van der Waals surface area contributed by atoms with Crippen molar-refractivity contribution in [2.24, 2.45) is 5.92 Å². The van der Waals surface area contributed by atoms with Gasteiger partial charge in [0.05, 0.1) is 4.99 Å². The third kappa shape index (κ3) is 0.996. The molecule has 1 N–H and O–H groups in total. The van der Waals surface area contributed by atoms with E-state index in [1.165, 1.54) is 0 Å². The quantitative estimate of drug-likeness (QED) is 0.495. The van der Waals surface area contributed by atoms with Crippen LogP contribution >= 0.6 is 12.2 Å². The van der Waals surface area contributed by atoms with Crippen molar-refractivity contribution in [3.8, 4) is 0 Å². The van der Waals surface area contributed by atoms with E-state index in [2.05, 4.69) is 19.2 Å². The molecule has 8 heavy (non-hydrogen) atoms. The molecule has 1 rings (SSSR count). The topological polar surface area (TPSA) is 12.0 Å². The highest BCUT2D eigenvalue weighted by atomic mass is 32.1. The van der Waals surface area contributed by atoms with Gasteiger partial charge in [-0.1, -0.05) is 19.1 Å². The Labute approximate surface area is 55.5 Å². The zero-order valence-electron chi connectivity index (χ0n) is 5.27. The average molecular weight is 129 g/mol. The summed E-state index contributed by atoms with van der Waals surface area (Å²) in [6.07, 6.45) is 1.08. The minimum absolute atomic E-state index is 0.600. The first kappa shape index (κ1) is 6.02. The lowest BCUT2D eigenvalue weighted by atomic mass is 10.1. The Morgan fingerprint density at radius 2 is 2.25 bits per heavy atom. The molecule has 0 aliphatic carbocycles. The Kier molecular flexibility index (Phi) is 1.52. The van der Waals surface area contributed by atoms with Crippen LogP contribution in [0.2, 0.25) is 0 Å². The Balaban J connectivity index is 2.51. The van der Waals surface area contributed by atoms with Crippen molar-refractivity contribution in [3.63, 3.8) is 0 Å². The lowest BCUT2D eigenvalue weighted by molar-refractivity contribution is 0.520. The van der Waals surface area contributed by atoms with Crippen LogP contribution < -0.4 is 5.32 Å². The van der Waals surface area contributed by atoms with Crippen LogP contribution in [0.25, 0.3) is 0 Å². The summed E-state index contributed by atoms with van der Waals surface area (Å²) in [4.78, 5) is 1.03. The molecule has 0 spiro atoms. The van der Waals surface area contributed by atoms with Gasteiger partial charge in [-0.25, -0.2) is 0 Å². The maximum absolute atomic E-state index is 4.96. The number of rotatable bonds is 0. The van der Waals surface area contributed by atoms with Crippen molar-refractivity contribution in [2.45, 2.75) is 26.3 Å². The molecule has 2 heteroatoms. The minimum Gasteiger partial charge on any atom is -0.377 e. The third-order valence-corrected chi connectivity index (χ3v) is 2.03. The SMILES string of the molecule is CC1CC(=S)NC1C. The lowest BCUT2D eigenvalue weighted by Gasteiger charge is -2.05. The van der Waals surface area contributed by atoms with Crippen molar-refractivity contribution < 1.29 is 0 Å². The van der Waals surface area contributed by atoms with E-state index in [4.69, 9.17) is 12.2 Å². The Hall–Kier alpha value is -0.110. The van der Waals surface area contributed by atoms with Crippen molar-refractivity contribution in [1.82, 2.24) is 5.32 Å². The predicted octanol–water partition coefficient (Wildman–Crippen LogP) is 1.33. The molecule has 0 aromatic rings. The third-order valence-electron chi connectivity index (χ3n) is 1.75. The molecular formula is C6H11NS. The molecule has 2 unspecified atom stereocenters. The summed E-state index contributed by atoms with van der Waals surface area (Å²) in [6, 6.07) is 0.600. The summed E-state index contributed by atoms with van der Waals surface area (Å²) >= 11 is 4.96. The van der Waals surface area contributed by atoms with Crippen LogP contribution in [0.5, 0.6) is 0 Å². The predicted molar refractivity (Wildman–Crippen MR) is 39.0 cm³/mol. The van der Waals surface area contributed by atoms with Crippen molar-refractivity contribution >= 4 is 17.2 Å². The highest BCUT2D eigenvalue weighted by molar-refractivity contribution is 7.80. The smallest absolute Gasteiger partial charge is 0.0758 e. The number of hydrogen-bond acceptors (Lipinski definition) is 1. The molecule has 0 radical (unpaired) electrons. The van der Waals surface area contributed by atoms with E-state index in [-0.39, 0.29) is 0 Å². The van der Waals surface area contributed by atoms with Gasteiger partial charge in [0.2, 0.25) is 0 Å². The summed E-state index contributed by atoms with van der Waals surface area (Å²) < 4.78 is 0. The van der Waals surface area contributed by atoms with E-state index < -0.39 is 0 Å². The molecule has 0 amide bonds. The van der Waals surface area contributed by atoms with Gasteiger partial charge in [0.15, 0.2) is 0 Å². The maximum Gasteiger partial charge on any atom is 0.0758 e. The van der Waals surface area contributed by atoms with E-state index in [0.717, 1.165) is 17.3 Å². The number of thiocarbonyl (C=S) groups is 1. The molecule has 1 heterocycles. The first-order valence-electron chi connectivity index (χ1n) is 2.99. The van der Waals surface area contributed by atoms with Gasteiger partial charge in [0, 0.05) is 12.5 Å². The van der Waals surface area contributed by atoms with E-state index in [0.29, 0.717) is 6.04 Å². The molecule has 0 bridgehead atoms. The van der Waals surface area contributed by atoms with Gasteiger partial charge in [-0.2, -0.15) is 0 Å². The molecule has 2 atom stereocenters. The van der Waals surface area contributed by atoms with Crippen LogP contribution in [0, 0.1) is 5.92 Å². The van der Waals surface area contributed by atoms with Crippen LogP contribution in [-0.2, 0) is 0 Å². The standard InChI is InChI=1S/C6H11NS/c1-4-3-6(8)7-5(4)2/h4-5H,3H2,1-2H3,(H,7,8). The molecule has 1 nitrogen and oxygen atoms in total. The summed E-state index contributed by atoms with van der Waals surface area (Å²) in [6.45, 7) is 4.39. The van der Waals surface area contributed by atoms with Crippen molar-refractivity contribution in [1.29, 1.82) is 0 Å². The fraction of sp³-hybridized carbons (Fsp3) is 0.833. The first-order chi connectivity index (χ1) is 3.70. The van der Waals surface area contributed by atoms with E-state index in [1.54, 1.807) is 0 Å². The van der Waals surface area contributed by atoms with Gasteiger partial charge >= 0.3 is 0 Å². The fourth-order valence-corrected chi connectivity index (χ4v) is 1.37. The molecule has 0 saturated carbocycles. The second kappa shape index (κ2) is 2.02. The Morgan fingerprint density at radius 3 is 2.38 bits per heavy atom. The molecule has 1 saturated heterocycles. The molecule has 1 aliphatic rings. The Morgan fingerprint density at radius 1 is 1.62 bits per heavy atom. The van der Waals surface area contributed by atoms with Crippen LogP contribution in [-0.4, -0.2) is 11.0 Å². The van der Waals surface area contributed by atoms with Gasteiger partial charge in [-0.05, 0) is 12.8 Å². The second-order valence-electron chi connectivity index (χ2n) is 2.54. The van der Waals surface area contributed by atoms with Gasteiger partial charge < -0.3 is 5.32 Å². The maximum atomic E-state index is 4.96. The van der Waals surface area contributed by atoms with Crippen molar-refractivity contribution in [3.05, 3.63) is 0 Å². The largest absolute Gasteiger partial charge is 0.377 e. The highest BCUT2D eigenvalue weighted by Gasteiger charge is 2.21.